The molecule has 63 heavy (non-hydrogen) atoms. The fourth-order valence-electron chi connectivity index (χ4n) is 6.74. The summed E-state index contributed by atoms with van der Waals surface area (Å²) in [6.45, 7) is 2.28. The molecular formula is C46H51BrN6O8S2. The van der Waals surface area contributed by atoms with Gasteiger partial charge >= 0.3 is 0 Å². The molecule has 2 fully saturated rings. The van der Waals surface area contributed by atoms with Crippen LogP contribution in [0.4, 0.5) is 23.0 Å². The number of phenols is 1. The van der Waals surface area contributed by atoms with Gasteiger partial charge in [-0.1, -0.05) is 64.5 Å². The van der Waals surface area contributed by atoms with Crippen LogP contribution in [0.15, 0.2) is 122 Å². The van der Waals surface area contributed by atoms with E-state index in [0.717, 1.165) is 65.3 Å². The van der Waals surface area contributed by atoms with Crippen LogP contribution >= 0.6 is 15.9 Å². The second-order valence-corrected chi connectivity index (χ2v) is 20.0. The quantitative estimate of drug-likeness (QED) is 0.0879. The number of hydrogen-bond donors (Lipinski definition) is 3. The summed E-state index contributed by atoms with van der Waals surface area (Å²) in [5.74, 6) is 2.02. The van der Waals surface area contributed by atoms with Gasteiger partial charge in [0.05, 0.1) is 35.1 Å². The second kappa shape index (κ2) is 22.8. The smallest absolute Gasteiger partial charge is 0.151 e. The van der Waals surface area contributed by atoms with Crippen LogP contribution < -0.4 is 15.4 Å². The van der Waals surface area contributed by atoms with Gasteiger partial charge in [-0.05, 0) is 85.3 Å². The first-order valence-corrected chi connectivity index (χ1v) is 25.6. The standard InChI is InChI=1S/C23H25N3O4S.C18H17N3O3S.C5H9BrO/c1-31(27,28)15-17-6-4-7-18(12-17)26-23-13-21(24-16-25-23)20-9-2-3-10-22(20)30-14-19-8-5-11-29-19;1-25(23,24)11-13-5-4-6-14(9-13)21-18-10-16(19-12-20-18)15-7-2-3-8-17(15)22;6-4-5-2-1-3-7-5/h2-4,6-7,9-10,12-13,16,19H,5,8,11,14-15H2,1H3,(H,24,25,26);2-10,12,22H,11H2,1H3,(H,19,20,21);5H,1-4H2. The minimum Gasteiger partial charge on any atom is -0.507 e. The third kappa shape index (κ3) is 15.7. The first kappa shape index (κ1) is 47.0. The van der Waals surface area contributed by atoms with Gasteiger partial charge in [-0.3, -0.25) is 0 Å². The summed E-state index contributed by atoms with van der Waals surface area (Å²) in [5.41, 5.74) is 5.69. The van der Waals surface area contributed by atoms with Crippen molar-refractivity contribution in [2.75, 3.05) is 48.3 Å². The van der Waals surface area contributed by atoms with Gasteiger partial charge < -0.3 is 30.0 Å². The van der Waals surface area contributed by atoms with Gasteiger partial charge in [0.1, 0.15) is 42.4 Å². The Bertz CT molecular complexity index is 2640. The molecule has 8 rings (SSSR count). The summed E-state index contributed by atoms with van der Waals surface area (Å²) in [7, 11) is -6.20. The van der Waals surface area contributed by atoms with Crippen molar-refractivity contribution < 1.29 is 36.2 Å². The van der Waals surface area contributed by atoms with Gasteiger partial charge in [0, 0.05) is 65.7 Å². The molecule has 6 aromatic rings. The lowest BCUT2D eigenvalue weighted by molar-refractivity contribution is 0.0681. The van der Waals surface area contributed by atoms with E-state index in [-0.39, 0.29) is 23.4 Å². The van der Waals surface area contributed by atoms with Crippen LogP contribution in [-0.4, -0.2) is 91.7 Å². The van der Waals surface area contributed by atoms with E-state index in [9.17, 15) is 21.9 Å². The summed E-state index contributed by atoms with van der Waals surface area (Å²) < 4.78 is 63.0. The molecule has 14 nitrogen and oxygen atoms in total. The fourth-order valence-corrected chi connectivity index (χ4v) is 8.82. The van der Waals surface area contributed by atoms with Gasteiger partial charge in [-0.2, -0.15) is 0 Å². The van der Waals surface area contributed by atoms with Crippen molar-refractivity contribution in [1.29, 1.82) is 0 Å². The number of aromatic hydroxyl groups is 1. The Labute approximate surface area is 377 Å². The zero-order valence-electron chi connectivity index (χ0n) is 35.1. The molecule has 0 aliphatic carbocycles. The molecular weight excluding hydrogens is 909 g/mol. The Balaban J connectivity index is 0.000000184. The zero-order chi connectivity index (χ0) is 44.7. The molecule has 4 aromatic carbocycles. The molecule has 17 heteroatoms. The number of rotatable bonds is 14. The third-order valence-electron chi connectivity index (χ3n) is 9.58. The Hall–Kier alpha value is -5.46. The molecule has 2 aromatic heterocycles. The minimum absolute atomic E-state index is 0.00698. The Morgan fingerprint density at radius 1 is 0.651 bits per heavy atom. The number of halogens is 1. The number of anilines is 4. The monoisotopic (exact) mass is 958 g/mol. The number of phenolic OH excluding ortho intramolecular Hbond substituents is 1. The third-order valence-corrected chi connectivity index (χ3v) is 12.0. The summed E-state index contributed by atoms with van der Waals surface area (Å²) in [6.07, 6.45) is 10.6. The molecule has 2 aliphatic heterocycles. The van der Waals surface area contributed by atoms with E-state index in [1.165, 1.54) is 38.0 Å². The summed E-state index contributed by atoms with van der Waals surface area (Å²) in [4.78, 5) is 17.1. The van der Waals surface area contributed by atoms with E-state index in [2.05, 4.69) is 46.5 Å². The number of aromatic nitrogens is 4. The van der Waals surface area contributed by atoms with E-state index in [1.807, 2.05) is 60.7 Å². The summed E-state index contributed by atoms with van der Waals surface area (Å²) >= 11 is 3.35. The molecule has 3 N–H and O–H groups in total. The summed E-state index contributed by atoms with van der Waals surface area (Å²) in [5, 5.41) is 17.3. The van der Waals surface area contributed by atoms with Crippen LogP contribution in [-0.2, 0) is 40.7 Å². The van der Waals surface area contributed by atoms with Gasteiger partial charge in [0.15, 0.2) is 19.7 Å². The maximum atomic E-state index is 11.6. The van der Waals surface area contributed by atoms with E-state index < -0.39 is 19.7 Å². The number of nitrogens with zero attached hydrogens (tertiary/aromatic N) is 4. The van der Waals surface area contributed by atoms with E-state index in [1.54, 1.807) is 48.5 Å². The van der Waals surface area contributed by atoms with Crippen molar-refractivity contribution >= 4 is 58.6 Å². The van der Waals surface area contributed by atoms with Gasteiger partial charge in [0.25, 0.3) is 0 Å². The van der Waals surface area contributed by atoms with E-state index in [4.69, 9.17) is 14.2 Å². The second-order valence-electron chi connectivity index (χ2n) is 15.1. The predicted molar refractivity (Wildman–Crippen MR) is 250 cm³/mol. The highest BCUT2D eigenvalue weighted by Crippen LogP contribution is 2.31. The fraction of sp³-hybridized carbons (Fsp3) is 0.304. The molecule has 0 radical (unpaired) electrons. The Morgan fingerprint density at radius 3 is 1.65 bits per heavy atom. The van der Waals surface area contributed by atoms with Crippen LogP contribution in [0.5, 0.6) is 11.5 Å². The largest absolute Gasteiger partial charge is 0.507 e. The number of benzene rings is 4. The molecule has 0 saturated carbocycles. The topological polar surface area (TPSA) is 192 Å². The maximum Gasteiger partial charge on any atom is 0.151 e. The van der Waals surface area contributed by atoms with Gasteiger partial charge in [0.2, 0.25) is 0 Å². The number of ether oxygens (including phenoxy) is 3. The van der Waals surface area contributed by atoms with Crippen LogP contribution in [0.25, 0.3) is 22.5 Å². The predicted octanol–water partition coefficient (Wildman–Crippen LogP) is 8.69. The number of hydrogen-bond acceptors (Lipinski definition) is 14. The Morgan fingerprint density at radius 2 is 1.16 bits per heavy atom. The molecule has 2 unspecified atom stereocenters. The van der Waals surface area contributed by atoms with Crippen molar-refractivity contribution in [3.05, 3.63) is 133 Å². The normalized spacial score (nSPS) is 15.9. The van der Waals surface area contributed by atoms with E-state index in [0.29, 0.717) is 41.2 Å². The highest BCUT2D eigenvalue weighted by Gasteiger charge is 2.18. The number of alkyl halides is 1. The summed E-state index contributed by atoms with van der Waals surface area (Å²) in [6, 6.07) is 32.7. The lowest BCUT2D eigenvalue weighted by atomic mass is 10.1. The molecule has 332 valence electrons. The van der Waals surface area contributed by atoms with Crippen molar-refractivity contribution in [2.24, 2.45) is 0 Å². The van der Waals surface area contributed by atoms with Crippen LogP contribution in [0.3, 0.4) is 0 Å². The molecule has 0 bridgehead atoms. The molecule has 4 heterocycles. The molecule has 2 aliphatic rings. The maximum absolute atomic E-state index is 11.6. The van der Waals surface area contributed by atoms with Crippen molar-refractivity contribution in [3.8, 4) is 34.0 Å². The number of sulfone groups is 2. The lowest BCUT2D eigenvalue weighted by Crippen LogP contribution is -2.16. The number of para-hydroxylation sites is 2. The lowest BCUT2D eigenvalue weighted by Gasteiger charge is -2.15. The van der Waals surface area contributed by atoms with Crippen molar-refractivity contribution in [3.63, 3.8) is 0 Å². The van der Waals surface area contributed by atoms with Crippen LogP contribution in [0.2, 0.25) is 0 Å². The Kier molecular flexibility index (Phi) is 17.0. The molecule has 2 atom stereocenters. The van der Waals surface area contributed by atoms with Gasteiger partial charge in [-0.15, -0.1) is 0 Å². The first-order chi connectivity index (χ1) is 30.3. The average Bonchev–Trinajstić information content (AvgIpc) is 3.99. The molecule has 2 saturated heterocycles. The van der Waals surface area contributed by atoms with Crippen LogP contribution in [0, 0.1) is 0 Å². The highest BCUT2D eigenvalue weighted by molar-refractivity contribution is 9.09. The van der Waals surface area contributed by atoms with Crippen molar-refractivity contribution in [2.45, 2.75) is 49.4 Å². The number of nitrogens with one attached hydrogen (secondary N) is 2. The average molecular weight is 960 g/mol. The van der Waals surface area contributed by atoms with Crippen molar-refractivity contribution in [1.82, 2.24) is 19.9 Å². The highest BCUT2D eigenvalue weighted by atomic mass is 79.9. The molecule has 0 amide bonds. The minimum atomic E-state index is -3.10. The first-order valence-electron chi connectivity index (χ1n) is 20.3. The zero-order valence-corrected chi connectivity index (χ0v) is 38.3. The van der Waals surface area contributed by atoms with E-state index >= 15 is 0 Å². The van der Waals surface area contributed by atoms with Gasteiger partial charge in [-0.25, -0.2) is 36.8 Å². The molecule has 0 spiro atoms. The SMILES string of the molecule is BrCC1CCCO1.CS(=O)(=O)Cc1cccc(Nc2cc(-c3ccccc3O)ncn2)c1.CS(=O)(=O)Cc1cccc(Nc2cc(-c3ccccc3OCC3CCCO3)ncn2)c1. The van der Waals surface area contributed by atoms with Crippen LogP contribution in [0.1, 0.15) is 36.8 Å².